The van der Waals surface area contributed by atoms with Crippen LogP contribution >= 0.6 is 0 Å². The zero-order valence-electron chi connectivity index (χ0n) is 9.98. The normalized spacial score (nSPS) is 26.8. The maximum atomic E-state index is 11.6. The summed E-state index contributed by atoms with van der Waals surface area (Å²) in [5.74, 6) is 0.0900. The zero-order chi connectivity index (χ0) is 12.5. The Kier molecular flexibility index (Phi) is 3.70. The highest BCUT2D eigenvalue weighted by Gasteiger charge is 2.32. The fraction of sp³-hybridized carbons (Fsp3) is 0.900. The molecule has 2 fully saturated rings. The molecular formula is C10H19N3O3S. The summed E-state index contributed by atoms with van der Waals surface area (Å²) in [6, 6.07) is -0.0676. The second-order valence-electron chi connectivity index (χ2n) is 4.77. The third-order valence-electron chi connectivity index (χ3n) is 3.41. The minimum atomic E-state index is -3.14. The van der Waals surface area contributed by atoms with E-state index in [2.05, 4.69) is 10.6 Å². The molecule has 7 heteroatoms. The number of hydrogen-bond donors (Lipinski definition) is 2. The van der Waals surface area contributed by atoms with Gasteiger partial charge in [0, 0.05) is 32.2 Å². The first-order chi connectivity index (χ1) is 7.98. The number of carbonyl (C=O) groups excluding carboxylic acids is 1. The summed E-state index contributed by atoms with van der Waals surface area (Å²) in [6.45, 7) is 2.46. The first kappa shape index (κ1) is 12.8. The number of carbonyl (C=O) groups is 1. The van der Waals surface area contributed by atoms with Crippen molar-refractivity contribution in [3.63, 3.8) is 0 Å². The predicted octanol–water partition coefficient (Wildman–Crippen LogP) is -1.25. The molecule has 2 heterocycles. The minimum absolute atomic E-state index is 0.0316. The van der Waals surface area contributed by atoms with E-state index in [4.69, 9.17) is 0 Å². The molecule has 0 saturated carbocycles. The largest absolute Gasteiger partial charge is 0.354 e. The topological polar surface area (TPSA) is 78.5 Å². The third-order valence-corrected chi connectivity index (χ3v) is 4.75. The minimum Gasteiger partial charge on any atom is -0.354 e. The average Bonchev–Trinajstić information content (AvgIpc) is 2.58. The molecule has 98 valence electrons. The van der Waals surface area contributed by atoms with Crippen LogP contribution < -0.4 is 10.6 Å². The summed E-state index contributed by atoms with van der Waals surface area (Å²) in [7, 11) is -3.14. The van der Waals surface area contributed by atoms with Crippen LogP contribution in [0, 0.1) is 5.92 Å². The van der Waals surface area contributed by atoms with Crippen molar-refractivity contribution in [2.75, 3.05) is 32.4 Å². The highest BCUT2D eigenvalue weighted by Crippen LogP contribution is 2.19. The SMILES string of the molecule is CS(=O)(=O)N1CCC[C@@H]1CNC(=O)C1CNC1. The second-order valence-corrected chi connectivity index (χ2v) is 6.71. The van der Waals surface area contributed by atoms with Gasteiger partial charge in [0.25, 0.3) is 0 Å². The van der Waals surface area contributed by atoms with E-state index in [-0.39, 0.29) is 17.9 Å². The average molecular weight is 261 g/mol. The maximum absolute atomic E-state index is 11.6. The van der Waals surface area contributed by atoms with Crippen molar-refractivity contribution in [2.24, 2.45) is 5.92 Å². The predicted molar refractivity (Wildman–Crippen MR) is 63.9 cm³/mol. The molecule has 0 radical (unpaired) electrons. The summed E-state index contributed by atoms with van der Waals surface area (Å²) in [5.41, 5.74) is 0. The lowest BCUT2D eigenvalue weighted by molar-refractivity contribution is -0.126. The van der Waals surface area contributed by atoms with Crippen LogP contribution in [0.25, 0.3) is 0 Å². The third kappa shape index (κ3) is 2.97. The molecule has 1 atom stereocenters. The van der Waals surface area contributed by atoms with Crippen molar-refractivity contribution >= 4 is 15.9 Å². The van der Waals surface area contributed by atoms with Crippen molar-refractivity contribution in [1.29, 1.82) is 0 Å². The Morgan fingerprint density at radius 1 is 1.47 bits per heavy atom. The number of rotatable bonds is 4. The molecule has 0 aromatic heterocycles. The molecule has 0 aliphatic carbocycles. The van der Waals surface area contributed by atoms with Gasteiger partial charge in [-0.1, -0.05) is 0 Å². The Morgan fingerprint density at radius 2 is 2.18 bits per heavy atom. The molecule has 0 aromatic rings. The van der Waals surface area contributed by atoms with Gasteiger partial charge in [0.15, 0.2) is 0 Å². The molecular weight excluding hydrogens is 242 g/mol. The number of amides is 1. The molecule has 2 aliphatic heterocycles. The molecule has 17 heavy (non-hydrogen) atoms. The van der Waals surface area contributed by atoms with Crippen LogP contribution in [0.4, 0.5) is 0 Å². The van der Waals surface area contributed by atoms with Crippen molar-refractivity contribution < 1.29 is 13.2 Å². The van der Waals surface area contributed by atoms with Crippen LogP contribution in [-0.2, 0) is 14.8 Å². The fourth-order valence-electron chi connectivity index (χ4n) is 2.29. The van der Waals surface area contributed by atoms with E-state index < -0.39 is 10.0 Å². The molecule has 0 bridgehead atoms. The number of hydrogen-bond acceptors (Lipinski definition) is 4. The van der Waals surface area contributed by atoms with E-state index in [0.29, 0.717) is 13.1 Å². The Hall–Kier alpha value is -0.660. The number of nitrogens with zero attached hydrogens (tertiary/aromatic N) is 1. The first-order valence-electron chi connectivity index (χ1n) is 5.94. The van der Waals surface area contributed by atoms with Crippen LogP contribution in [0.3, 0.4) is 0 Å². The quantitative estimate of drug-likeness (QED) is 0.662. The monoisotopic (exact) mass is 261 g/mol. The Balaban J connectivity index is 1.83. The second kappa shape index (κ2) is 4.91. The van der Waals surface area contributed by atoms with Gasteiger partial charge >= 0.3 is 0 Å². The van der Waals surface area contributed by atoms with Gasteiger partial charge in [-0.25, -0.2) is 8.42 Å². The lowest BCUT2D eigenvalue weighted by atomic mass is 10.0. The molecule has 2 N–H and O–H groups in total. The van der Waals surface area contributed by atoms with Crippen molar-refractivity contribution in [3.8, 4) is 0 Å². The standard InChI is InChI=1S/C10H19N3O3S/c1-17(15,16)13-4-2-3-9(13)7-12-10(14)8-5-11-6-8/h8-9,11H,2-7H2,1H3,(H,12,14)/t9-/m1/s1. The molecule has 6 nitrogen and oxygen atoms in total. The van der Waals surface area contributed by atoms with Crippen LogP contribution in [0.15, 0.2) is 0 Å². The molecule has 2 rings (SSSR count). The van der Waals surface area contributed by atoms with Crippen LogP contribution in [-0.4, -0.2) is 57.1 Å². The smallest absolute Gasteiger partial charge is 0.225 e. The van der Waals surface area contributed by atoms with Crippen molar-refractivity contribution in [3.05, 3.63) is 0 Å². The van der Waals surface area contributed by atoms with Crippen molar-refractivity contribution in [2.45, 2.75) is 18.9 Å². The van der Waals surface area contributed by atoms with Crippen LogP contribution in [0.1, 0.15) is 12.8 Å². The highest BCUT2D eigenvalue weighted by molar-refractivity contribution is 7.88. The van der Waals surface area contributed by atoms with Crippen molar-refractivity contribution in [1.82, 2.24) is 14.9 Å². The van der Waals surface area contributed by atoms with Gasteiger partial charge in [-0.15, -0.1) is 0 Å². The summed E-state index contributed by atoms with van der Waals surface area (Å²) in [6.07, 6.45) is 2.93. The Bertz CT molecular complexity index is 392. The first-order valence-corrected chi connectivity index (χ1v) is 7.78. The van der Waals surface area contributed by atoms with Gasteiger partial charge in [0.2, 0.25) is 15.9 Å². The van der Waals surface area contributed by atoms with E-state index in [0.717, 1.165) is 25.9 Å². The summed E-state index contributed by atoms with van der Waals surface area (Å²) in [5, 5.41) is 5.88. The van der Waals surface area contributed by atoms with Gasteiger partial charge in [-0.2, -0.15) is 4.31 Å². The van der Waals surface area contributed by atoms with E-state index in [1.807, 2.05) is 0 Å². The molecule has 0 aromatic carbocycles. The van der Waals surface area contributed by atoms with Gasteiger partial charge in [-0.05, 0) is 12.8 Å². The molecule has 2 saturated heterocycles. The van der Waals surface area contributed by atoms with E-state index in [9.17, 15) is 13.2 Å². The molecule has 1 amide bonds. The number of nitrogens with one attached hydrogen (secondary N) is 2. The molecule has 0 spiro atoms. The molecule has 0 unspecified atom stereocenters. The molecule has 2 aliphatic rings. The van der Waals surface area contributed by atoms with Crippen LogP contribution in [0.2, 0.25) is 0 Å². The van der Waals surface area contributed by atoms with Gasteiger partial charge in [0.05, 0.1) is 12.2 Å². The maximum Gasteiger partial charge on any atom is 0.225 e. The lowest BCUT2D eigenvalue weighted by Gasteiger charge is -2.28. The highest BCUT2D eigenvalue weighted by atomic mass is 32.2. The van der Waals surface area contributed by atoms with Gasteiger partial charge in [0.1, 0.15) is 0 Å². The number of sulfonamides is 1. The van der Waals surface area contributed by atoms with E-state index >= 15 is 0 Å². The zero-order valence-corrected chi connectivity index (χ0v) is 10.8. The van der Waals surface area contributed by atoms with Gasteiger partial charge < -0.3 is 10.6 Å². The van der Waals surface area contributed by atoms with E-state index in [1.54, 1.807) is 0 Å². The van der Waals surface area contributed by atoms with Gasteiger partial charge in [-0.3, -0.25) is 4.79 Å². The van der Waals surface area contributed by atoms with Crippen LogP contribution in [0.5, 0.6) is 0 Å². The Morgan fingerprint density at radius 3 is 2.71 bits per heavy atom. The van der Waals surface area contributed by atoms with E-state index in [1.165, 1.54) is 10.6 Å². The summed E-state index contributed by atoms with van der Waals surface area (Å²) >= 11 is 0. The lowest BCUT2D eigenvalue weighted by Crippen LogP contribution is -2.52. The summed E-state index contributed by atoms with van der Waals surface area (Å²) < 4.78 is 24.5. The fourth-order valence-corrected chi connectivity index (χ4v) is 3.47. The summed E-state index contributed by atoms with van der Waals surface area (Å²) in [4.78, 5) is 11.6. The Labute approximate surface area is 102 Å².